The Labute approximate surface area is 145 Å². The van der Waals surface area contributed by atoms with Crippen LogP contribution in [-0.4, -0.2) is 41.4 Å². The lowest BCUT2D eigenvalue weighted by Gasteiger charge is -2.33. The van der Waals surface area contributed by atoms with Gasteiger partial charge in [-0.2, -0.15) is 0 Å². The molecule has 0 bridgehead atoms. The predicted octanol–water partition coefficient (Wildman–Crippen LogP) is 2.59. The van der Waals surface area contributed by atoms with Gasteiger partial charge in [0.25, 0.3) is 0 Å². The van der Waals surface area contributed by atoms with Crippen LogP contribution >= 0.6 is 0 Å². The van der Waals surface area contributed by atoms with Gasteiger partial charge in [0.15, 0.2) is 0 Å². The van der Waals surface area contributed by atoms with Crippen molar-refractivity contribution in [3.63, 3.8) is 0 Å². The summed E-state index contributed by atoms with van der Waals surface area (Å²) in [6, 6.07) is -0.0896. The van der Waals surface area contributed by atoms with Gasteiger partial charge in [-0.25, -0.2) is 4.79 Å². The zero-order chi connectivity index (χ0) is 18.3. The van der Waals surface area contributed by atoms with Crippen molar-refractivity contribution >= 4 is 12.0 Å². The van der Waals surface area contributed by atoms with Crippen LogP contribution < -0.4 is 10.6 Å². The molecule has 3 N–H and O–H groups in total. The van der Waals surface area contributed by atoms with E-state index < -0.39 is 11.7 Å². The topological polar surface area (TPSA) is 87.7 Å². The number of hydrogen-bond acceptors (Lipinski definition) is 4. The number of rotatable bonds is 6. The molecule has 1 fully saturated rings. The molecule has 0 heterocycles. The van der Waals surface area contributed by atoms with Crippen molar-refractivity contribution < 1.29 is 19.4 Å². The van der Waals surface area contributed by atoms with Crippen LogP contribution in [0.4, 0.5) is 4.79 Å². The lowest BCUT2D eigenvalue weighted by atomic mass is 9.82. The molecule has 1 rings (SSSR count). The Bertz CT molecular complexity index is 420. The molecule has 6 heteroatoms. The van der Waals surface area contributed by atoms with Crippen LogP contribution in [0, 0.1) is 11.8 Å². The smallest absolute Gasteiger partial charge is 0.407 e. The van der Waals surface area contributed by atoms with Crippen LogP contribution in [0.1, 0.15) is 66.7 Å². The zero-order valence-electron chi connectivity index (χ0n) is 15.7. The van der Waals surface area contributed by atoms with Gasteiger partial charge in [0.05, 0.1) is 0 Å². The van der Waals surface area contributed by atoms with E-state index in [9.17, 15) is 9.59 Å². The van der Waals surface area contributed by atoms with Gasteiger partial charge >= 0.3 is 6.09 Å². The van der Waals surface area contributed by atoms with E-state index >= 15 is 0 Å². The summed E-state index contributed by atoms with van der Waals surface area (Å²) >= 11 is 0. The highest BCUT2D eigenvalue weighted by Crippen LogP contribution is 2.27. The molecule has 1 aliphatic carbocycles. The third kappa shape index (κ3) is 7.51. The van der Waals surface area contributed by atoms with Gasteiger partial charge < -0.3 is 20.5 Å². The molecule has 1 saturated carbocycles. The quantitative estimate of drug-likeness (QED) is 0.692. The molecule has 0 aromatic heterocycles. The first-order chi connectivity index (χ1) is 11.1. The van der Waals surface area contributed by atoms with Crippen LogP contribution in [0.2, 0.25) is 0 Å². The number of nitrogens with one attached hydrogen (secondary N) is 2. The Morgan fingerprint density at radius 3 is 2.42 bits per heavy atom. The molecule has 0 saturated heterocycles. The summed E-state index contributed by atoms with van der Waals surface area (Å²) in [5, 5.41) is 15.0. The molecular formula is C18H34N2O4. The van der Waals surface area contributed by atoms with Crippen LogP contribution in [-0.2, 0) is 9.53 Å². The lowest BCUT2D eigenvalue weighted by Crippen LogP contribution is -2.46. The molecule has 0 radical (unpaired) electrons. The maximum atomic E-state index is 12.3. The average Bonchev–Trinajstić information content (AvgIpc) is 2.46. The van der Waals surface area contributed by atoms with Crippen molar-refractivity contribution in [2.75, 3.05) is 6.61 Å². The Balaban J connectivity index is 2.54. The molecule has 0 aromatic carbocycles. The van der Waals surface area contributed by atoms with Crippen molar-refractivity contribution in [1.82, 2.24) is 10.6 Å². The molecule has 1 aliphatic rings. The molecule has 0 unspecified atom stereocenters. The van der Waals surface area contributed by atoms with E-state index in [4.69, 9.17) is 9.84 Å². The molecule has 0 spiro atoms. The van der Waals surface area contributed by atoms with Gasteiger partial charge in [0.1, 0.15) is 5.60 Å². The number of aliphatic hydroxyl groups is 1. The number of hydrogen-bond donors (Lipinski definition) is 3. The first-order valence-corrected chi connectivity index (χ1v) is 9.02. The minimum Gasteiger partial charge on any atom is -0.444 e. The highest BCUT2D eigenvalue weighted by atomic mass is 16.6. The molecule has 24 heavy (non-hydrogen) atoms. The van der Waals surface area contributed by atoms with E-state index in [2.05, 4.69) is 10.6 Å². The molecule has 0 aromatic rings. The minimum atomic E-state index is -0.526. The summed E-state index contributed by atoms with van der Waals surface area (Å²) in [4.78, 5) is 24.3. The van der Waals surface area contributed by atoms with E-state index in [-0.39, 0.29) is 36.4 Å². The largest absolute Gasteiger partial charge is 0.444 e. The average molecular weight is 342 g/mol. The monoisotopic (exact) mass is 342 g/mol. The summed E-state index contributed by atoms with van der Waals surface area (Å²) in [6.07, 6.45) is 3.91. The van der Waals surface area contributed by atoms with E-state index in [1.807, 2.05) is 34.6 Å². The van der Waals surface area contributed by atoms with Gasteiger partial charge in [-0.15, -0.1) is 0 Å². The fraction of sp³-hybridized carbons (Fsp3) is 0.889. The standard InChI is InChI=1S/C18H34N2O4/c1-12(11-21)13(2)19-16(22)10-14-8-6-7-9-15(14)20-17(23)24-18(3,4)5/h12-15,21H,6-11H2,1-5H3,(H,19,22)(H,20,23)/t12-,13+,14+,15+/m1/s1. The Kier molecular flexibility index (Phi) is 8.00. The molecular weight excluding hydrogens is 308 g/mol. The van der Waals surface area contributed by atoms with E-state index in [1.54, 1.807) is 0 Å². The summed E-state index contributed by atoms with van der Waals surface area (Å²) in [5.41, 5.74) is -0.526. The summed E-state index contributed by atoms with van der Waals surface area (Å²) in [7, 11) is 0. The maximum Gasteiger partial charge on any atom is 0.407 e. The Morgan fingerprint density at radius 1 is 1.21 bits per heavy atom. The van der Waals surface area contributed by atoms with Crippen LogP contribution in [0.5, 0.6) is 0 Å². The third-order valence-electron chi connectivity index (χ3n) is 4.59. The SMILES string of the molecule is C[C@H](CO)[C@H](C)NC(=O)C[C@@H]1CCCC[C@@H]1NC(=O)OC(C)(C)C. The fourth-order valence-electron chi connectivity index (χ4n) is 2.95. The Morgan fingerprint density at radius 2 is 1.83 bits per heavy atom. The van der Waals surface area contributed by atoms with Crippen molar-refractivity contribution in [3.8, 4) is 0 Å². The summed E-state index contributed by atoms with van der Waals surface area (Å²) in [5.74, 6) is 0.129. The predicted molar refractivity (Wildman–Crippen MR) is 93.6 cm³/mol. The molecule has 6 nitrogen and oxygen atoms in total. The van der Waals surface area contributed by atoms with Gasteiger partial charge in [-0.1, -0.05) is 19.8 Å². The van der Waals surface area contributed by atoms with E-state index in [0.29, 0.717) is 6.42 Å². The molecule has 140 valence electrons. The van der Waals surface area contributed by atoms with Crippen molar-refractivity contribution in [2.45, 2.75) is 84.4 Å². The Hall–Kier alpha value is -1.30. The second-order valence-electron chi connectivity index (χ2n) is 8.02. The van der Waals surface area contributed by atoms with Crippen molar-refractivity contribution in [2.24, 2.45) is 11.8 Å². The number of amides is 2. The molecule has 4 atom stereocenters. The maximum absolute atomic E-state index is 12.3. The van der Waals surface area contributed by atoms with Crippen LogP contribution in [0.15, 0.2) is 0 Å². The minimum absolute atomic E-state index is 0.0225. The van der Waals surface area contributed by atoms with Gasteiger partial charge in [0, 0.05) is 25.1 Å². The van der Waals surface area contributed by atoms with Crippen molar-refractivity contribution in [3.05, 3.63) is 0 Å². The van der Waals surface area contributed by atoms with Crippen LogP contribution in [0.25, 0.3) is 0 Å². The summed E-state index contributed by atoms with van der Waals surface area (Å²) < 4.78 is 5.33. The highest BCUT2D eigenvalue weighted by molar-refractivity contribution is 5.76. The highest BCUT2D eigenvalue weighted by Gasteiger charge is 2.30. The number of aliphatic hydroxyl groups excluding tert-OH is 1. The molecule has 2 amide bonds. The first-order valence-electron chi connectivity index (χ1n) is 9.02. The van der Waals surface area contributed by atoms with Crippen molar-refractivity contribution in [1.29, 1.82) is 0 Å². The van der Waals surface area contributed by atoms with Gasteiger partial charge in [-0.3, -0.25) is 4.79 Å². The van der Waals surface area contributed by atoms with Crippen LogP contribution in [0.3, 0.4) is 0 Å². The molecule has 0 aliphatic heterocycles. The number of ether oxygens (including phenoxy) is 1. The zero-order valence-corrected chi connectivity index (χ0v) is 15.7. The third-order valence-corrected chi connectivity index (χ3v) is 4.59. The number of carbonyl (C=O) groups is 2. The summed E-state index contributed by atoms with van der Waals surface area (Å²) in [6.45, 7) is 9.36. The van der Waals surface area contributed by atoms with Gasteiger partial charge in [0.2, 0.25) is 5.91 Å². The number of alkyl carbamates (subject to hydrolysis) is 1. The first kappa shape index (κ1) is 20.7. The second-order valence-corrected chi connectivity index (χ2v) is 8.02. The normalized spacial score (nSPS) is 23.9. The van der Waals surface area contributed by atoms with Gasteiger partial charge in [-0.05, 0) is 52.4 Å². The van der Waals surface area contributed by atoms with E-state index in [1.165, 1.54) is 0 Å². The fourth-order valence-corrected chi connectivity index (χ4v) is 2.95. The van der Waals surface area contributed by atoms with E-state index in [0.717, 1.165) is 25.7 Å². The lowest BCUT2D eigenvalue weighted by molar-refractivity contribution is -0.123. The second kappa shape index (κ2) is 9.25. The number of carbonyl (C=O) groups excluding carboxylic acids is 2.